The Morgan fingerprint density at radius 1 is 0.889 bits per heavy atom. The number of fused-ring (bicyclic) bond motifs is 1. The molecule has 36 heavy (non-hydrogen) atoms. The number of benzene rings is 2. The normalized spacial score (nSPS) is 15.0. The molecule has 1 fully saturated rings. The minimum absolute atomic E-state index is 0.00935. The molecule has 0 spiro atoms. The second kappa shape index (κ2) is 10.6. The third-order valence-corrected chi connectivity index (χ3v) is 7.08. The largest absolute Gasteiger partial charge is 0.339 e. The predicted octanol–water partition coefficient (Wildman–Crippen LogP) is 4.26. The summed E-state index contributed by atoms with van der Waals surface area (Å²) < 4.78 is 0. The van der Waals surface area contributed by atoms with Crippen LogP contribution in [0.5, 0.6) is 0 Å². The zero-order valence-corrected chi connectivity index (χ0v) is 20.3. The van der Waals surface area contributed by atoms with Gasteiger partial charge in [0.1, 0.15) is 5.69 Å². The third kappa shape index (κ3) is 5.10. The van der Waals surface area contributed by atoms with Gasteiger partial charge in [-0.25, -0.2) is 0 Å². The van der Waals surface area contributed by atoms with Gasteiger partial charge in [0.05, 0.1) is 11.0 Å². The molecule has 1 aliphatic rings. The van der Waals surface area contributed by atoms with E-state index in [1.54, 1.807) is 24.7 Å². The first-order chi connectivity index (χ1) is 17.6. The van der Waals surface area contributed by atoms with Crippen molar-refractivity contribution in [1.82, 2.24) is 24.8 Å². The van der Waals surface area contributed by atoms with E-state index in [-0.39, 0.29) is 23.8 Å². The summed E-state index contributed by atoms with van der Waals surface area (Å²) in [7, 11) is 1.87. The minimum Gasteiger partial charge on any atom is -0.339 e. The van der Waals surface area contributed by atoms with E-state index < -0.39 is 0 Å². The predicted molar refractivity (Wildman–Crippen MR) is 138 cm³/mol. The summed E-state index contributed by atoms with van der Waals surface area (Å²) in [6, 6.07) is 21.2. The van der Waals surface area contributed by atoms with Gasteiger partial charge in [-0.1, -0.05) is 36.4 Å². The van der Waals surface area contributed by atoms with E-state index in [0.717, 1.165) is 30.3 Å². The number of hydrogen-bond acceptors (Lipinski definition) is 5. The number of pyridine rings is 1. The van der Waals surface area contributed by atoms with E-state index >= 15 is 0 Å². The Labute approximate surface area is 210 Å². The Morgan fingerprint density at radius 2 is 1.61 bits per heavy atom. The molecule has 7 heteroatoms. The number of amides is 2. The maximum absolute atomic E-state index is 13.3. The number of piperidine rings is 1. The van der Waals surface area contributed by atoms with E-state index in [0.29, 0.717) is 24.3 Å². The van der Waals surface area contributed by atoms with Gasteiger partial charge in [-0.3, -0.25) is 24.5 Å². The van der Waals surface area contributed by atoms with Crippen molar-refractivity contribution in [3.63, 3.8) is 0 Å². The molecule has 2 aromatic heterocycles. The molecule has 5 rings (SSSR count). The molecule has 0 bridgehead atoms. The van der Waals surface area contributed by atoms with Crippen molar-refractivity contribution >= 4 is 22.8 Å². The van der Waals surface area contributed by atoms with Gasteiger partial charge in [0.15, 0.2) is 0 Å². The van der Waals surface area contributed by atoms with Crippen molar-refractivity contribution in [3.8, 4) is 0 Å². The third-order valence-electron chi connectivity index (χ3n) is 7.08. The monoisotopic (exact) mass is 479 g/mol. The molecule has 0 unspecified atom stereocenters. The van der Waals surface area contributed by atoms with Crippen LogP contribution >= 0.6 is 0 Å². The van der Waals surface area contributed by atoms with Gasteiger partial charge in [-0.05, 0) is 61.1 Å². The van der Waals surface area contributed by atoms with Crippen LogP contribution in [-0.2, 0) is 6.42 Å². The quantitative estimate of drug-likeness (QED) is 0.413. The van der Waals surface area contributed by atoms with Gasteiger partial charge < -0.3 is 9.80 Å². The fourth-order valence-electron chi connectivity index (χ4n) is 5.06. The summed E-state index contributed by atoms with van der Waals surface area (Å²) in [4.78, 5) is 43.2. The summed E-state index contributed by atoms with van der Waals surface area (Å²) in [5.74, 6) is 0.209. The fraction of sp³-hybridized carbons (Fsp3) is 0.276. The highest BCUT2D eigenvalue weighted by atomic mass is 16.2. The van der Waals surface area contributed by atoms with Crippen molar-refractivity contribution < 1.29 is 9.59 Å². The smallest absolute Gasteiger partial charge is 0.272 e. The molecular weight excluding hydrogens is 450 g/mol. The summed E-state index contributed by atoms with van der Waals surface area (Å²) >= 11 is 0. The highest BCUT2D eigenvalue weighted by Gasteiger charge is 2.33. The van der Waals surface area contributed by atoms with Crippen LogP contribution in [0.4, 0.5) is 0 Å². The number of hydrogen-bond donors (Lipinski definition) is 0. The second-order valence-corrected chi connectivity index (χ2v) is 9.28. The van der Waals surface area contributed by atoms with E-state index in [1.165, 1.54) is 5.56 Å². The van der Waals surface area contributed by atoms with E-state index in [1.807, 2.05) is 65.4 Å². The number of carbonyl (C=O) groups excluding carboxylic acids is 2. The molecule has 0 aliphatic carbocycles. The van der Waals surface area contributed by atoms with Crippen LogP contribution in [0.1, 0.15) is 39.3 Å². The first-order valence-corrected chi connectivity index (χ1v) is 12.3. The number of rotatable bonds is 6. The maximum Gasteiger partial charge on any atom is 0.272 e. The topological polar surface area (TPSA) is 79.3 Å². The Balaban J connectivity index is 1.31. The molecule has 0 N–H and O–H groups in total. The maximum atomic E-state index is 13.3. The molecule has 1 aliphatic heterocycles. The molecule has 1 atom stereocenters. The summed E-state index contributed by atoms with van der Waals surface area (Å²) in [6.07, 6.45) is 7.36. The van der Waals surface area contributed by atoms with Crippen LogP contribution in [-0.4, -0.2) is 62.7 Å². The zero-order valence-electron chi connectivity index (χ0n) is 20.3. The average molecular weight is 480 g/mol. The standard InChI is InChI=1S/C29H29N5O2/c1-33(29(36)25-9-5-6-14-30-25)27(19-21-7-3-2-4-8-21)22-12-17-34(18-13-22)28(35)23-10-11-24-26(20-23)32-16-15-31-24/h2-11,14-16,20,22,27H,12-13,17-19H2,1H3/t27-/m1/s1. The molecule has 0 saturated carbocycles. The number of likely N-dealkylation sites (tertiary alicyclic amines) is 1. The van der Waals surface area contributed by atoms with Gasteiger partial charge in [0.2, 0.25) is 0 Å². The van der Waals surface area contributed by atoms with Crippen molar-refractivity contribution in [2.45, 2.75) is 25.3 Å². The lowest BCUT2D eigenvalue weighted by Gasteiger charge is -2.40. The lowest BCUT2D eigenvalue weighted by atomic mass is 9.84. The number of aromatic nitrogens is 3. The molecule has 2 aromatic carbocycles. The van der Waals surface area contributed by atoms with Crippen LogP contribution in [0, 0.1) is 5.92 Å². The van der Waals surface area contributed by atoms with Gasteiger partial charge in [0.25, 0.3) is 11.8 Å². The fourth-order valence-corrected chi connectivity index (χ4v) is 5.06. The van der Waals surface area contributed by atoms with Gasteiger partial charge in [-0.15, -0.1) is 0 Å². The Bertz CT molecular complexity index is 1340. The summed E-state index contributed by atoms with van der Waals surface area (Å²) in [5, 5.41) is 0. The van der Waals surface area contributed by atoms with Crippen LogP contribution < -0.4 is 0 Å². The Morgan fingerprint density at radius 3 is 2.33 bits per heavy atom. The number of likely N-dealkylation sites (N-methyl/N-ethyl adjacent to an activating group) is 1. The van der Waals surface area contributed by atoms with E-state index in [2.05, 4.69) is 27.1 Å². The summed E-state index contributed by atoms with van der Waals surface area (Å²) in [6.45, 7) is 1.30. The van der Waals surface area contributed by atoms with Gasteiger partial charge >= 0.3 is 0 Å². The lowest BCUT2D eigenvalue weighted by Crippen LogP contribution is -2.48. The molecule has 0 radical (unpaired) electrons. The lowest BCUT2D eigenvalue weighted by molar-refractivity contribution is 0.0519. The molecule has 1 saturated heterocycles. The first-order valence-electron chi connectivity index (χ1n) is 12.3. The number of nitrogens with zero attached hydrogens (tertiary/aromatic N) is 5. The summed E-state index contributed by atoms with van der Waals surface area (Å²) in [5.41, 5.74) is 3.77. The molecule has 2 amide bonds. The average Bonchev–Trinajstić information content (AvgIpc) is 2.95. The van der Waals surface area contributed by atoms with Crippen molar-refractivity contribution in [2.24, 2.45) is 5.92 Å². The molecule has 4 aromatic rings. The molecule has 3 heterocycles. The zero-order chi connectivity index (χ0) is 24.9. The van der Waals surface area contributed by atoms with Gasteiger partial charge in [0, 0.05) is 50.3 Å². The van der Waals surface area contributed by atoms with E-state index in [9.17, 15) is 9.59 Å². The number of carbonyl (C=O) groups is 2. The first kappa shape index (κ1) is 23.6. The molecule has 182 valence electrons. The minimum atomic E-state index is -0.0766. The van der Waals surface area contributed by atoms with Crippen LogP contribution in [0.15, 0.2) is 85.3 Å². The van der Waals surface area contributed by atoms with Crippen LogP contribution in [0.25, 0.3) is 11.0 Å². The van der Waals surface area contributed by atoms with Crippen molar-refractivity contribution in [2.75, 3.05) is 20.1 Å². The van der Waals surface area contributed by atoms with Crippen LogP contribution in [0.3, 0.4) is 0 Å². The molecular formula is C29H29N5O2. The van der Waals surface area contributed by atoms with Crippen molar-refractivity contribution in [1.29, 1.82) is 0 Å². The van der Waals surface area contributed by atoms with Gasteiger partial charge in [-0.2, -0.15) is 0 Å². The highest BCUT2D eigenvalue weighted by molar-refractivity contribution is 5.97. The van der Waals surface area contributed by atoms with Crippen LogP contribution in [0.2, 0.25) is 0 Å². The Hall–Kier alpha value is -4.13. The van der Waals surface area contributed by atoms with Crippen molar-refractivity contribution in [3.05, 3.63) is 102 Å². The molecule has 7 nitrogen and oxygen atoms in total. The SMILES string of the molecule is CN(C(=O)c1ccccn1)[C@H](Cc1ccccc1)C1CCN(C(=O)c2ccc3nccnc3c2)CC1. The van der Waals surface area contributed by atoms with E-state index in [4.69, 9.17) is 0 Å². The highest BCUT2D eigenvalue weighted by Crippen LogP contribution is 2.28. The second-order valence-electron chi connectivity index (χ2n) is 9.28. The Kier molecular flexibility index (Phi) is 6.98.